The Hall–Kier alpha value is -2.83. The number of amides is 2. The summed E-state index contributed by atoms with van der Waals surface area (Å²) < 4.78 is 18.6. The molecule has 0 saturated carbocycles. The molecule has 7 heteroatoms. The van der Waals surface area contributed by atoms with E-state index in [1.165, 1.54) is 25.3 Å². The van der Waals surface area contributed by atoms with Crippen LogP contribution in [0.15, 0.2) is 36.5 Å². The van der Waals surface area contributed by atoms with Crippen molar-refractivity contribution in [2.24, 2.45) is 0 Å². The first-order valence-electron chi connectivity index (χ1n) is 8.11. The van der Waals surface area contributed by atoms with Gasteiger partial charge in [-0.25, -0.2) is 4.39 Å². The summed E-state index contributed by atoms with van der Waals surface area (Å²) in [6, 6.07) is 7.61. The number of aromatic nitrogens is 1. The Kier molecular flexibility index (Phi) is 5.02. The highest BCUT2D eigenvalue weighted by Crippen LogP contribution is 2.22. The van der Waals surface area contributed by atoms with Crippen molar-refractivity contribution in [1.82, 2.24) is 14.8 Å². The maximum absolute atomic E-state index is 13.5. The Labute approximate surface area is 145 Å². The van der Waals surface area contributed by atoms with Crippen LogP contribution in [-0.2, 0) is 11.2 Å². The zero-order chi connectivity index (χ0) is 17.8. The van der Waals surface area contributed by atoms with Crippen LogP contribution in [0.2, 0.25) is 0 Å². The molecule has 0 spiro atoms. The average Bonchev–Trinajstić information content (AvgIpc) is 3.14. The minimum atomic E-state index is -0.482. The van der Waals surface area contributed by atoms with Crippen molar-refractivity contribution in [3.05, 3.63) is 53.6 Å². The van der Waals surface area contributed by atoms with E-state index in [9.17, 15) is 14.0 Å². The average molecular weight is 345 g/mol. The summed E-state index contributed by atoms with van der Waals surface area (Å²) in [5.74, 6) is -0.397. The van der Waals surface area contributed by atoms with Gasteiger partial charge in [0, 0.05) is 38.1 Å². The molecule has 1 saturated heterocycles. The van der Waals surface area contributed by atoms with Crippen LogP contribution in [0.1, 0.15) is 16.1 Å². The fourth-order valence-corrected chi connectivity index (χ4v) is 2.93. The van der Waals surface area contributed by atoms with Gasteiger partial charge in [0.1, 0.15) is 11.6 Å². The van der Waals surface area contributed by atoms with Crippen molar-refractivity contribution < 1.29 is 18.7 Å². The molecular weight excluding hydrogens is 325 g/mol. The van der Waals surface area contributed by atoms with Crippen molar-refractivity contribution in [2.45, 2.75) is 6.42 Å². The highest BCUT2D eigenvalue weighted by molar-refractivity contribution is 5.97. The smallest absolute Gasteiger partial charge is 0.257 e. The van der Waals surface area contributed by atoms with Crippen LogP contribution >= 0.6 is 0 Å². The molecule has 1 aliphatic rings. The van der Waals surface area contributed by atoms with Gasteiger partial charge in [0.05, 0.1) is 19.1 Å². The number of aromatic amines is 1. The highest BCUT2D eigenvalue weighted by atomic mass is 19.1. The largest absolute Gasteiger partial charge is 0.496 e. The molecule has 132 valence electrons. The summed E-state index contributed by atoms with van der Waals surface area (Å²) in [4.78, 5) is 31.3. The molecule has 0 bridgehead atoms. The van der Waals surface area contributed by atoms with E-state index in [0.29, 0.717) is 38.3 Å². The number of rotatable bonds is 4. The molecule has 1 fully saturated rings. The minimum Gasteiger partial charge on any atom is -0.496 e. The molecule has 6 nitrogen and oxygen atoms in total. The van der Waals surface area contributed by atoms with Crippen LogP contribution in [0.4, 0.5) is 4.39 Å². The molecule has 0 unspecified atom stereocenters. The van der Waals surface area contributed by atoms with Crippen molar-refractivity contribution in [3.8, 4) is 5.75 Å². The number of benzene rings is 1. The Morgan fingerprint density at radius 2 is 1.88 bits per heavy atom. The third-order valence-electron chi connectivity index (χ3n) is 4.32. The fourth-order valence-electron chi connectivity index (χ4n) is 2.93. The van der Waals surface area contributed by atoms with E-state index in [0.717, 1.165) is 5.69 Å². The first kappa shape index (κ1) is 17.0. The molecule has 1 aromatic heterocycles. The van der Waals surface area contributed by atoms with E-state index in [1.807, 2.05) is 12.1 Å². The van der Waals surface area contributed by atoms with E-state index in [2.05, 4.69) is 4.98 Å². The second-order valence-corrected chi connectivity index (χ2v) is 5.89. The number of halogens is 1. The summed E-state index contributed by atoms with van der Waals surface area (Å²) >= 11 is 0. The number of piperazine rings is 1. The molecule has 0 atom stereocenters. The zero-order valence-electron chi connectivity index (χ0n) is 14.0. The molecule has 1 aromatic carbocycles. The molecule has 0 radical (unpaired) electrons. The quantitative estimate of drug-likeness (QED) is 0.917. The van der Waals surface area contributed by atoms with E-state index in [-0.39, 0.29) is 17.4 Å². The van der Waals surface area contributed by atoms with Crippen LogP contribution in [0.5, 0.6) is 5.75 Å². The number of H-pyrrole nitrogens is 1. The molecule has 2 heterocycles. The molecule has 3 rings (SSSR count). The lowest BCUT2D eigenvalue weighted by molar-refractivity contribution is -0.132. The molecular formula is C18H20FN3O3. The van der Waals surface area contributed by atoms with Gasteiger partial charge in [0.15, 0.2) is 0 Å². The van der Waals surface area contributed by atoms with Crippen LogP contribution in [-0.4, -0.2) is 59.9 Å². The van der Waals surface area contributed by atoms with Crippen LogP contribution < -0.4 is 4.74 Å². The number of nitrogens with one attached hydrogen (secondary N) is 1. The number of nitrogens with zero attached hydrogens (tertiary/aromatic N) is 2. The first-order valence-corrected chi connectivity index (χ1v) is 8.11. The number of hydrogen-bond donors (Lipinski definition) is 1. The van der Waals surface area contributed by atoms with Gasteiger partial charge >= 0.3 is 0 Å². The van der Waals surface area contributed by atoms with Gasteiger partial charge in [0.25, 0.3) is 5.91 Å². The normalized spacial score (nSPS) is 14.5. The third-order valence-corrected chi connectivity index (χ3v) is 4.32. The predicted octanol–water partition coefficient (Wildman–Crippen LogP) is 1.69. The minimum absolute atomic E-state index is 0.0258. The molecule has 0 aliphatic carbocycles. The number of hydrogen-bond acceptors (Lipinski definition) is 3. The Morgan fingerprint density at radius 3 is 2.52 bits per heavy atom. The van der Waals surface area contributed by atoms with Crippen molar-refractivity contribution in [3.63, 3.8) is 0 Å². The van der Waals surface area contributed by atoms with Crippen molar-refractivity contribution in [1.29, 1.82) is 0 Å². The maximum atomic E-state index is 13.5. The number of ether oxygens (including phenoxy) is 1. The molecule has 1 aliphatic heterocycles. The Morgan fingerprint density at radius 1 is 1.16 bits per heavy atom. The van der Waals surface area contributed by atoms with Gasteiger partial charge in [-0.1, -0.05) is 0 Å². The Balaban J connectivity index is 1.61. The number of methoxy groups -OCH3 is 1. The van der Waals surface area contributed by atoms with E-state index < -0.39 is 5.82 Å². The second-order valence-electron chi connectivity index (χ2n) is 5.89. The molecule has 2 amide bonds. The second kappa shape index (κ2) is 7.38. The standard InChI is InChI=1S/C18H20FN3O3/c1-25-16-5-4-13(19)11-15(16)18(24)22-9-7-21(8-10-22)17(23)12-14-3-2-6-20-14/h2-6,11,20H,7-10,12H2,1H3. The fraction of sp³-hybridized carbons (Fsp3) is 0.333. The van der Waals surface area contributed by atoms with Gasteiger partial charge in [-0.05, 0) is 30.3 Å². The lowest BCUT2D eigenvalue weighted by atomic mass is 10.1. The summed E-state index contributed by atoms with van der Waals surface area (Å²) in [5, 5.41) is 0. The maximum Gasteiger partial charge on any atom is 0.257 e. The van der Waals surface area contributed by atoms with Crippen LogP contribution in [0.3, 0.4) is 0 Å². The molecule has 2 aromatic rings. The summed E-state index contributed by atoms with van der Waals surface area (Å²) in [6.45, 7) is 1.75. The van der Waals surface area contributed by atoms with E-state index in [4.69, 9.17) is 4.74 Å². The lowest BCUT2D eigenvalue weighted by Gasteiger charge is -2.35. The third kappa shape index (κ3) is 3.81. The van der Waals surface area contributed by atoms with Crippen molar-refractivity contribution in [2.75, 3.05) is 33.3 Å². The lowest BCUT2D eigenvalue weighted by Crippen LogP contribution is -2.51. The van der Waals surface area contributed by atoms with E-state index >= 15 is 0 Å². The van der Waals surface area contributed by atoms with Crippen molar-refractivity contribution >= 4 is 11.8 Å². The summed E-state index contributed by atoms with van der Waals surface area (Å²) in [7, 11) is 1.45. The first-order chi connectivity index (χ1) is 12.1. The highest BCUT2D eigenvalue weighted by Gasteiger charge is 2.26. The van der Waals surface area contributed by atoms with Crippen LogP contribution in [0.25, 0.3) is 0 Å². The molecule has 25 heavy (non-hydrogen) atoms. The van der Waals surface area contributed by atoms with Gasteiger partial charge in [-0.15, -0.1) is 0 Å². The summed E-state index contributed by atoms with van der Waals surface area (Å²) in [6.07, 6.45) is 2.10. The SMILES string of the molecule is COc1ccc(F)cc1C(=O)N1CCN(C(=O)Cc2ccc[nH]2)CC1. The van der Waals surface area contributed by atoms with Gasteiger partial charge in [0.2, 0.25) is 5.91 Å². The number of carbonyl (C=O) groups excluding carboxylic acids is 2. The van der Waals surface area contributed by atoms with Crippen LogP contribution in [0, 0.1) is 5.82 Å². The molecule has 1 N–H and O–H groups in total. The van der Waals surface area contributed by atoms with Gasteiger partial charge in [-0.2, -0.15) is 0 Å². The monoisotopic (exact) mass is 345 g/mol. The summed E-state index contributed by atoms with van der Waals surface area (Å²) in [5.41, 5.74) is 1.07. The van der Waals surface area contributed by atoms with E-state index in [1.54, 1.807) is 16.0 Å². The predicted molar refractivity (Wildman–Crippen MR) is 89.9 cm³/mol. The van der Waals surface area contributed by atoms with Gasteiger partial charge < -0.3 is 19.5 Å². The zero-order valence-corrected chi connectivity index (χ0v) is 14.0. The number of carbonyl (C=O) groups is 2. The van der Waals surface area contributed by atoms with Gasteiger partial charge in [-0.3, -0.25) is 9.59 Å². The topological polar surface area (TPSA) is 65.6 Å². The Bertz CT molecular complexity index is 753.